The number of nitrogens with zero attached hydrogens (tertiary/aromatic N) is 2. The van der Waals surface area contributed by atoms with Crippen molar-refractivity contribution in [2.45, 2.75) is 18.8 Å². The molecule has 6 heteroatoms. The normalized spacial score (nSPS) is 20.0. The average molecular weight is 227 g/mol. The maximum absolute atomic E-state index is 11.2. The third-order valence-corrected chi connectivity index (χ3v) is 3.78. The fourth-order valence-corrected chi connectivity index (χ4v) is 3.10. The quantitative estimate of drug-likeness (QED) is 0.808. The third-order valence-electron chi connectivity index (χ3n) is 2.73. The van der Waals surface area contributed by atoms with Crippen LogP contribution in [0.3, 0.4) is 0 Å². The molecule has 1 aliphatic rings. The molecule has 1 fully saturated rings. The van der Waals surface area contributed by atoms with Crippen LogP contribution in [-0.2, 0) is 4.79 Å². The van der Waals surface area contributed by atoms with E-state index in [1.807, 2.05) is 11.8 Å². The largest absolute Gasteiger partial charge is 0.481 e. The lowest BCUT2D eigenvalue weighted by Gasteiger charge is -2.25. The summed E-state index contributed by atoms with van der Waals surface area (Å²) < 4.78 is 0. The number of aromatic nitrogens is 3. The van der Waals surface area contributed by atoms with E-state index < -0.39 is 11.9 Å². The summed E-state index contributed by atoms with van der Waals surface area (Å²) in [6, 6.07) is 0. The van der Waals surface area contributed by atoms with Gasteiger partial charge in [-0.2, -0.15) is 16.9 Å². The van der Waals surface area contributed by atoms with Gasteiger partial charge in [0, 0.05) is 0 Å². The van der Waals surface area contributed by atoms with Crippen LogP contribution in [0, 0.1) is 5.92 Å². The molecule has 0 aromatic carbocycles. The van der Waals surface area contributed by atoms with Crippen molar-refractivity contribution in [1.29, 1.82) is 0 Å². The van der Waals surface area contributed by atoms with Gasteiger partial charge in [0.15, 0.2) is 0 Å². The summed E-state index contributed by atoms with van der Waals surface area (Å²) >= 11 is 1.89. The molecule has 0 bridgehead atoms. The van der Waals surface area contributed by atoms with E-state index in [-0.39, 0.29) is 5.92 Å². The summed E-state index contributed by atoms with van der Waals surface area (Å²) in [6.45, 7) is 0. The first-order valence-corrected chi connectivity index (χ1v) is 6.10. The molecule has 1 aliphatic heterocycles. The number of carbonyl (C=O) groups is 1. The second-order valence-electron chi connectivity index (χ2n) is 3.64. The second kappa shape index (κ2) is 4.65. The predicted molar refractivity (Wildman–Crippen MR) is 56.8 cm³/mol. The van der Waals surface area contributed by atoms with Crippen molar-refractivity contribution >= 4 is 17.7 Å². The summed E-state index contributed by atoms with van der Waals surface area (Å²) in [5.74, 6) is 1.44. The minimum absolute atomic E-state index is 0.191. The molecule has 1 saturated heterocycles. The van der Waals surface area contributed by atoms with Crippen LogP contribution in [0.2, 0.25) is 0 Å². The lowest BCUT2D eigenvalue weighted by Crippen LogP contribution is -2.26. The highest BCUT2D eigenvalue weighted by molar-refractivity contribution is 7.99. The highest BCUT2D eigenvalue weighted by Crippen LogP contribution is 2.33. The third kappa shape index (κ3) is 2.31. The van der Waals surface area contributed by atoms with Gasteiger partial charge in [-0.25, -0.2) is 4.98 Å². The molecule has 1 unspecified atom stereocenters. The SMILES string of the molecule is O=C(O)C(c1ncn[nH]1)C1CCSCC1. The number of carboxylic acid groups (broad SMARTS) is 1. The monoisotopic (exact) mass is 227 g/mol. The van der Waals surface area contributed by atoms with Crippen LogP contribution < -0.4 is 0 Å². The topological polar surface area (TPSA) is 78.9 Å². The fourth-order valence-electron chi connectivity index (χ4n) is 1.96. The first-order chi connectivity index (χ1) is 7.29. The molecule has 1 aromatic heterocycles. The number of rotatable bonds is 3. The molecular formula is C9H13N3O2S. The van der Waals surface area contributed by atoms with Gasteiger partial charge in [0.1, 0.15) is 18.1 Å². The van der Waals surface area contributed by atoms with Crippen molar-refractivity contribution in [3.8, 4) is 0 Å². The Morgan fingerprint density at radius 1 is 1.60 bits per heavy atom. The highest BCUT2D eigenvalue weighted by atomic mass is 32.2. The van der Waals surface area contributed by atoms with Crippen molar-refractivity contribution in [2.75, 3.05) is 11.5 Å². The van der Waals surface area contributed by atoms with Crippen molar-refractivity contribution in [1.82, 2.24) is 15.2 Å². The Bertz CT molecular complexity index is 322. The predicted octanol–water partition coefficient (Wildman–Crippen LogP) is 1.12. The summed E-state index contributed by atoms with van der Waals surface area (Å²) in [5, 5.41) is 15.6. The van der Waals surface area contributed by atoms with E-state index in [1.54, 1.807) is 0 Å². The number of hydrogen-bond acceptors (Lipinski definition) is 4. The van der Waals surface area contributed by atoms with Crippen LogP contribution in [0.25, 0.3) is 0 Å². The van der Waals surface area contributed by atoms with E-state index in [9.17, 15) is 9.90 Å². The Kier molecular flexibility index (Phi) is 3.25. The summed E-state index contributed by atoms with van der Waals surface area (Å²) in [5.41, 5.74) is 0. The minimum Gasteiger partial charge on any atom is -0.481 e. The summed E-state index contributed by atoms with van der Waals surface area (Å²) in [7, 11) is 0. The van der Waals surface area contributed by atoms with Crippen LogP contribution in [0.5, 0.6) is 0 Å². The van der Waals surface area contributed by atoms with E-state index in [1.165, 1.54) is 6.33 Å². The Morgan fingerprint density at radius 3 is 2.87 bits per heavy atom. The maximum Gasteiger partial charge on any atom is 0.314 e. The number of nitrogens with one attached hydrogen (secondary N) is 1. The molecule has 82 valence electrons. The summed E-state index contributed by atoms with van der Waals surface area (Å²) in [4.78, 5) is 15.2. The average Bonchev–Trinajstić information content (AvgIpc) is 2.72. The minimum atomic E-state index is -0.802. The summed E-state index contributed by atoms with van der Waals surface area (Å²) in [6.07, 6.45) is 3.26. The zero-order valence-corrected chi connectivity index (χ0v) is 9.04. The van der Waals surface area contributed by atoms with Crippen LogP contribution in [0.15, 0.2) is 6.33 Å². The van der Waals surface area contributed by atoms with Crippen LogP contribution in [-0.4, -0.2) is 37.8 Å². The smallest absolute Gasteiger partial charge is 0.314 e. The first-order valence-electron chi connectivity index (χ1n) is 4.95. The van der Waals surface area contributed by atoms with Gasteiger partial charge in [-0.3, -0.25) is 9.89 Å². The lowest BCUT2D eigenvalue weighted by molar-refractivity contribution is -0.140. The van der Waals surface area contributed by atoms with Gasteiger partial charge in [-0.05, 0) is 30.3 Å². The van der Waals surface area contributed by atoms with Crippen LogP contribution >= 0.6 is 11.8 Å². The van der Waals surface area contributed by atoms with Crippen LogP contribution in [0.1, 0.15) is 24.6 Å². The zero-order valence-electron chi connectivity index (χ0n) is 8.22. The highest BCUT2D eigenvalue weighted by Gasteiger charge is 2.32. The zero-order chi connectivity index (χ0) is 10.7. The van der Waals surface area contributed by atoms with E-state index >= 15 is 0 Å². The maximum atomic E-state index is 11.2. The molecular weight excluding hydrogens is 214 g/mol. The molecule has 0 amide bonds. The van der Waals surface area contributed by atoms with E-state index in [0.717, 1.165) is 24.3 Å². The molecule has 0 radical (unpaired) electrons. The molecule has 2 heterocycles. The fraction of sp³-hybridized carbons (Fsp3) is 0.667. The number of H-pyrrole nitrogens is 1. The molecule has 5 nitrogen and oxygen atoms in total. The van der Waals surface area contributed by atoms with Gasteiger partial charge >= 0.3 is 5.97 Å². The molecule has 15 heavy (non-hydrogen) atoms. The van der Waals surface area contributed by atoms with Crippen molar-refractivity contribution in [3.05, 3.63) is 12.2 Å². The molecule has 1 atom stereocenters. The van der Waals surface area contributed by atoms with Gasteiger partial charge in [-0.1, -0.05) is 0 Å². The van der Waals surface area contributed by atoms with Gasteiger partial charge in [0.05, 0.1) is 0 Å². The molecule has 0 spiro atoms. The van der Waals surface area contributed by atoms with Crippen molar-refractivity contribution < 1.29 is 9.90 Å². The van der Waals surface area contributed by atoms with E-state index in [2.05, 4.69) is 15.2 Å². The van der Waals surface area contributed by atoms with E-state index in [4.69, 9.17) is 0 Å². The van der Waals surface area contributed by atoms with Crippen molar-refractivity contribution in [3.63, 3.8) is 0 Å². The molecule has 2 rings (SSSR count). The van der Waals surface area contributed by atoms with Gasteiger partial charge in [-0.15, -0.1) is 0 Å². The van der Waals surface area contributed by atoms with Gasteiger partial charge in [0.25, 0.3) is 0 Å². The molecule has 0 saturated carbocycles. The molecule has 0 aliphatic carbocycles. The number of hydrogen-bond donors (Lipinski definition) is 2. The molecule has 1 aromatic rings. The number of thioether (sulfide) groups is 1. The standard InChI is InChI=1S/C9H13N3O2S/c13-9(14)7(8-10-5-11-12-8)6-1-3-15-4-2-6/h5-7H,1-4H2,(H,13,14)(H,10,11,12). The Morgan fingerprint density at radius 2 is 2.33 bits per heavy atom. The Labute approximate surface area is 91.7 Å². The molecule has 2 N–H and O–H groups in total. The van der Waals surface area contributed by atoms with Gasteiger partial charge in [0.2, 0.25) is 0 Å². The van der Waals surface area contributed by atoms with Crippen LogP contribution in [0.4, 0.5) is 0 Å². The van der Waals surface area contributed by atoms with Gasteiger partial charge < -0.3 is 5.11 Å². The Balaban J connectivity index is 2.15. The second-order valence-corrected chi connectivity index (χ2v) is 4.86. The number of aromatic amines is 1. The number of carboxylic acids is 1. The lowest BCUT2D eigenvalue weighted by atomic mass is 9.87. The van der Waals surface area contributed by atoms with E-state index in [0.29, 0.717) is 5.82 Å². The number of aliphatic carboxylic acids is 1. The first kappa shape index (κ1) is 10.5. The Hall–Kier alpha value is -1.04. The van der Waals surface area contributed by atoms with Crippen molar-refractivity contribution in [2.24, 2.45) is 5.92 Å².